The molecule has 0 N–H and O–H groups in total. The van der Waals surface area contributed by atoms with Crippen molar-refractivity contribution in [3.63, 3.8) is 0 Å². The summed E-state index contributed by atoms with van der Waals surface area (Å²) in [6.45, 7) is 0. The molecule has 0 saturated heterocycles. The zero-order chi connectivity index (χ0) is 22.9. The van der Waals surface area contributed by atoms with Crippen LogP contribution in [-0.2, 0) is 0 Å². The summed E-state index contributed by atoms with van der Waals surface area (Å²) in [5.74, 6) is 0.122. The summed E-state index contributed by atoms with van der Waals surface area (Å²) in [7, 11) is 0. The molecule has 0 fully saturated rings. The second-order valence-electron chi connectivity index (χ2n) is 6.18. The van der Waals surface area contributed by atoms with Crippen molar-refractivity contribution in [1.29, 1.82) is 0 Å². The third kappa shape index (κ3) is 4.67. The van der Waals surface area contributed by atoms with Crippen LogP contribution in [0.1, 0.15) is 0 Å². The fraction of sp³-hybridized carbons (Fsp3) is 0. The molecular weight excluding hydrogens is 984 g/mol. The molecule has 2 aromatic carbocycles. The van der Waals surface area contributed by atoms with Crippen molar-refractivity contribution < 1.29 is 39.1 Å². The fourth-order valence-electron chi connectivity index (χ4n) is 3.08. The van der Waals surface area contributed by atoms with E-state index < -0.39 is 0 Å². The third-order valence-electron chi connectivity index (χ3n) is 4.47. The van der Waals surface area contributed by atoms with E-state index in [-0.39, 0.29) is 65.8 Å². The summed E-state index contributed by atoms with van der Waals surface area (Å²) < 4.78 is 7.79. The van der Waals surface area contributed by atoms with Gasteiger partial charge in [-0.05, 0) is 102 Å². The van der Waals surface area contributed by atoms with E-state index in [0.29, 0.717) is 47.7 Å². The maximum atomic E-state index is 12.6. The Bertz CT molecular complexity index is 1450. The Morgan fingerprint density at radius 2 is 1.28 bits per heavy atom. The van der Waals surface area contributed by atoms with Gasteiger partial charge in [-0.1, -0.05) is 63.8 Å². The van der Waals surface area contributed by atoms with E-state index in [9.17, 15) is 9.90 Å². The molecule has 13 heteroatoms. The molecule has 0 aromatic heterocycles. The molecule has 1 heterocycles. The van der Waals surface area contributed by atoms with E-state index in [4.69, 9.17) is 62.4 Å². The number of fused-ring (bicyclic) bond motifs is 2. The van der Waals surface area contributed by atoms with Crippen LogP contribution in [0.5, 0.6) is 5.75 Å². The minimum atomic E-state index is -0.185. The van der Waals surface area contributed by atoms with Gasteiger partial charge in [-0.2, -0.15) is 0 Å². The molecule has 3 nitrogen and oxygen atoms in total. The number of hydrogen-bond donors (Lipinski definition) is 0. The van der Waals surface area contributed by atoms with E-state index >= 15 is 0 Å². The van der Waals surface area contributed by atoms with Crippen molar-refractivity contribution in [3.8, 4) is 28.2 Å². The van der Waals surface area contributed by atoms with Crippen molar-refractivity contribution in [2.75, 3.05) is 0 Å². The number of halogens is 9. The van der Waals surface area contributed by atoms with E-state index in [0.717, 1.165) is 0 Å². The smallest absolute Gasteiger partial charge is 0.871 e. The first-order valence-electron chi connectivity index (χ1n) is 7.92. The standard InChI is InChI=1S/C19H3Cl5I4O3.Na/c20-9-8(10(21)12(23)13(24)11(9)22)7-3-1-5(25)16(29)14(27)18(3)31-19-4(7)2-6(26)17(30)15(19)28;/h1-2,29H;/q;+1/p-1. The summed E-state index contributed by atoms with van der Waals surface area (Å²) in [6.07, 6.45) is 0. The molecule has 0 unspecified atom stereocenters. The Labute approximate surface area is 283 Å². The van der Waals surface area contributed by atoms with Crippen LogP contribution in [0.25, 0.3) is 33.4 Å². The van der Waals surface area contributed by atoms with Gasteiger partial charge in [-0.15, -0.1) is 0 Å². The predicted molar refractivity (Wildman–Crippen MR) is 160 cm³/mol. The monoisotopic (exact) mass is 983 g/mol. The number of benzene rings is 3. The van der Waals surface area contributed by atoms with Crippen molar-refractivity contribution in [2.45, 2.75) is 0 Å². The van der Waals surface area contributed by atoms with Gasteiger partial charge in [-0.25, -0.2) is 0 Å². The first kappa shape index (κ1) is 28.9. The zero-order valence-electron chi connectivity index (χ0n) is 15.3. The average molecular weight is 986 g/mol. The van der Waals surface area contributed by atoms with Gasteiger partial charge in [0.25, 0.3) is 0 Å². The minimum absolute atomic E-state index is 0. The average Bonchev–Trinajstić information content (AvgIpc) is 2.74. The fourth-order valence-corrected chi connectivity index (χ4v) is 7.98. The quantitative estimate of drug-likeness (QED) is 0.0738. The van der Waals surface area contributed by atoms with Crippen LogP contribution in [0.4, 0.5) is 0 Å². The maximum Gasteiger partial charge on any atom is 1.00 e. The topological polar surface area (TPSA) is 53.3 Å². The normalized spacial score (nSPS) is 11.3. The van der Waals surface area contributed by atoms with Crippen molar-refractivity contribution >= 4 is 159 Å². The second-order valence-corrected chi connectivity index (χ2v) is 12.6. The van der Waals surface area contributed by atoms with Crippen LogP contribution in [0, 0.1) is 14.3 Å². The van der Waals surface area contributed by atoms with E-state index in [1.54, 1.807) is 12.1 Å². The van der Waals surface area contributed by atoms with Crippen LogP contribution in [0.3, 0.4) is 0 Å². The molecule has 1 aliphatic heterocycles. The third-order valence-corrected chi connectivity index (χ3v) is 10.3. The first-order chi connectivity index (χ1) is 14.5. The van der Waals surface area contributed by atoms with E-state index in [2.05, 4.69) is 0 Å². The molecular formula is C19H2Cl5I4NaO3. The molecule has 2 aliphatic rings. The molecule has 4 rings (SSSR count). The van der Waals surface area contributed by atoms with Gasteiger partial charge < -0.3 is 9.52 Å². The van der Waals surface area contributed by atoms with Crippen molar-refractivity contribution in [2.24, 2.45) is 0 Å². The maximum absolute atomic E-state index is 12.6. The van der Waals surface area contributed by atoms with Gasteiger partial charge in [0, 0.05) is 29.2 Å². The summed E-state index contributed by atoms with van der Waals surface area (Å²) in [4.78, 5) is 12.6. The molecule has 0 atom stereocenters. The Kier molecular flexibility index (Phi) is 9.89. The van der Waals surface area contributed by atoms with Crippen LogP contribution in [0.15, 0.2) is 21.3 Å². The van der Waals surface area contributed by atoms with Crippen LogP contribution < -0.4 is 40.1 Å². The molecule has 1 aliphatic carbocycles. The van der Waals surface area contributed by atoms with E-state index in [1.165, 1.54) is 0 Å². The van der Waals surface area contributed by atoms with Crippen molar-refractivity contribution in [3.05, 3.63) is 61.7 Å². The number of rotatable bonds is 1. The molecule has 0 radical (unpaired) electrons. The van der Waals surface area contributed by atoms with Gasteiger partial charge in [0.15, 0.2) is 5.76 Å². The SMILES string of the molecule is O=c1c(I)cc2c(-c3c(Cl)c(Cl)c(Cl)c(Cl)c3Cl)c3cc(I)c([O-])c(I)c3oc-2c1I.[Na+]. The van der Waals surface area contributed by atoms with Crippen LogP contribution >= 0.6 is 148 Å². The predicted octanol–water partition coefficient (Wildman–Crippen LogP) is 6.33. The first-order valence-corrected chi connectivity index (χ1v) is 14.1. The van der Waals surface area contributed by atoms with Gasteiger partial charge in [0.05, 0.1) is 28.7 Å². The number of hydrogen-bond acceptors (Lipinski definition) is 3. The Balaban J connectivity index is 0.00000289. The molecule has 0 saturated carbocycles. The Morgan fingerprint density at radius 1 is 0.750 bits per heavy atom. The summed E-state index contributed by atoms with van der Waals surface area (Å²) >= 11 is 39.9. The zero-order valence-corrected chi connectivity index (χ0v) is 29.7. The summed E-state index contributed by atoms with van der Waals surface area (Å²) in [6, 6.07) is 3.37. The summed E-state index contributed by atoms with van der Waals surface area (Å²) in [5.41, 5.74) is 1.57. The van der Waals surface area contributed by atoms with Crippen molar-refractivity contribution in [1.82, 2.24) is 0 Å². The van der Waals surface area contributed by atoms with Gasteiger partial charge in [0.2, 0.25) is 5.43 Å². The van der Waals surface area contributed by atoms with Crippen LogP contribution in [-0.4, -0.2) is 0 Å². The van der Waals surface area contributed by atoms with Gasteiger partial charge in [-0.3, -0.25) is 4.79 Å². The Hall–Kier alpha value is 2.30. The Morgan fingerprint density at radius 3 is 1.84 bits per heavy atom. The molecule has 160 valence electrons. The van der Waals surface area contributed by atoms with Crippen LogP contribution in [0.2, 0.25) is 25.1 Å². The van der Waals surface area contributed by atoms with Gasteiger partial charge >= 0.3 is 29.6 Å². The largest absolute Gasteiger partial charge is 1.00 e. The molecule has 0 bridgehead atoms. The second kappa shape index (κ2) is 11.0. The van der Waals surface area contributed by atoms with E-state index in [1.807, 2.05) is 90.4 Å². The van der Waals surface area contributed by atoms with Gasteiger partial charge in [0.1, 0.15) is 9.15 Å². The summed E-state index contributed by atoms with van der Waals surface area (Å²) in [5, 5.41) is 13.5. The molecule has 32 heavy (non-hydrogen) atoms. The minimum Gasteiger partial charge on any atom is -0.871 e. The molecule has 0 spiro atoms. The molecule has 0 amide bonds. The molecule has 2 aromatic rings.